The van der Waals surface area contributed by atoms with Gasteiger partial charge in [0.2, 0.25) is 5.95 Å². The molecule has 2 aromatic heterocycles. The molecule has 0 aliphatic heterocycles. The first-order valence-corrected chi connectivity index (χ1v) is 4.31. The number of anilines is 2. The molecule has 0 radical (unpaired) electrons. The van der Waals surface area contributed by atoms with E-state index in [0.29, 0.717) is 11.5 Å². The highest BCUT2D eigenvalue weighted by atomic mass is 15.3. The summed E-state index contributed by atoms with van der Waals surface area (Å²) in [5, 5.41) is 0. The summed E-state index contributed by atoms with van der Waals surface area (Å²) in [6.45, 7) is 0. The van der Waals surface area contributed by atoms with Gasteiger partial charge in [-0.3, -0.25) is 4.98 Å². The molecule has 76 valence electrons. The first kappa shape index (κ1) is 9.35. The lowest BCUT2D eigenvalue weighted by Crippen LogP contribution is -2.10. The number of nitrogen functional groups attached to an aromatic ring is 2. The predicted octanol–water partition coefficient (Wildman–Crippen LogP) is 0.406. The van der Waals surface area contributed by atoms with Crippen molar-refractivity contribution in [2.45, 2.75) is 0 Å². The second-order valence-corrected chi connectivity index (χ2v) is 2.88. The van der Waals surface area contributed by atoms with Gasteiger partial charge in [0.1, 0.15) is 5.82 Å². The topological polar surface area (TPSA) is 103 Å². The molecule has 2 rings (SSSR count). The monoisotopic (exact) mass is 202 g/mol. The third-order valence-corrected chi connectivity index (χ3v) is 1.85. The highest BCUT2D eigenvalue weighted by Crippen LogP contribution is 2.18. The van der Waals surface area contributed by atoms with Crippen LogP contribution in [0.4, 0.5) is 11.8 Å². The largest absolute Gasteiger partial charge is 0.368 e. The lowest BCUT2D eigenvalue weighted by molar-refractivity contribution is 1.15. The Morgan fingerprint density at radius 2 is 2.13 bits per heavy atom. The molecule has 0 spiro atoms. The smallest absolute Gasteiger partial charge is 0.222 e. The van der Waals surface area contributed by atoms with E-state index in [1.54, 1.807) is 18.5 Å². The molecule has 0 aliphatic carbocycles. The molecular formula is C9H10N6. The molecule has 6 heteroatoms. The van der Waals surface area contributed by atoms with Gasteiger partial charge in [-0.25, -0.2) is 10.8 Å². The molecule has 15 heavy (non-hydrogen) atoms. The van der Waals surface area contributed by atoms with Crippen LogP contribution in [-0.2, 0) is 0 Å². The van der Waals surface area contributed by atoms with Crippen molar-refractivity contribution in [2.24, 2.45) is 5.84 Å². The van der Waals surface area contributed by atoms with Gasteiger partial charge < -0.3 is 11.2 Å². The molecule has 0 aromatic carbocycles. The van der Waals surface area contributed by atoms with Gasteiger partial charge in [-0.2, -0.15) is 4.98 Å². The Morgan fingerprint density at radius 3 is 2.80 bits per heavy atom. The van der Waals surface area contributed by atoms with Crippen LogP contribution in [0.5, 0.6) is 0 Å². The van der Waals surface area contributed by atoms with Crippen molar-refractivity contribution in [1.29, 1.82) is 0 Å². The first-order valence-electron chi connectivity index (χ1n) is 4.31. The Bertz CT molecular complexity index is 455. The summed E-state index contributed by atoms with van der Waals surface area (Å²) in [5.74, 6) is 5.90. The third kappa shape index (κ3) is 2.00. The van der Waals surface area contributed by atoms with Crippen molar-refractivity contribution in [3.05, 3.63) is 30.6 Å². The summed E-state index contributed by atoms with van der Waals surface area (Å²) < 4.78 is 0. The summed E-state index contributed by atoms with van der Waals surface area (Å²) >= 11 is 0. The number of aromatic nitrogens is 3. The molecule has 0 amide bonds. The van der Waals surface area contributed by atoms with Gasteiger partial charge in [0.15, 0.2) is 0 Å². The lowest BCUT2D eigenvalue weighted by Gasteiger charge is -2.04. The van der Waals surface area contributed by atoms with Crippen molar-refractivity contribution in [1.82, 2.24) is 15.0 Å². The van der Waals surface area contributed by atoms with Crippen molar-refractivity contribution >= 4 is 11.8 Å². The van der Waals surface area contributed by atoms with E-state index in [-0.39, 0.29) is 5.95 Å². The van der Waals surface area contributed by atoms with E-state index in [1.807, 2.05) is 12.1 Å². The Hall–Kier alpha value is -2.21. The van der Waals surface area contributed by atoms with Gasteiger partial charge in [-0.15, -0.1) is 0 Å². The third-order valence-electron chi connectivity index (χ3n) is 1.85. The van der Waals surface area contributed by atoms with Crippen LogP contribution in [0.25, 0.3) is 11.3 Å². The molecule has 2 heterocycles. The van der Waals surface area contributed by atoms with Gasteiger partial charge in [0.25, 0.3) is 0 Å². The van der Waals surface area contributed by atoms with Crippen molar-refractivity contribution < 1.29 is 0 Å². The normalized spacial score (nSPS) is 9.93. The van der Waals surface area contributed by atoms with E-state index >= 15 is 0 Å². The zero-order valence-corrected chi connectivity index (χ0v) is 7.88. The standard InChI is InChI=1S/C9H10N6/c10-9-13-7(4-8(14-9)15-11)6-2-1-3-12-5-6/h1-5H,11H2,(H3,10,13,14,15). The van der Waals surface area contributed by atoms with Crippen LogP contribution in [0, 0.1) is 0 Å². The van der Waals surface area contributed by atoms with Gasteiger partial charge in [0, 0.05) is 24.0 Å². The summed E-state index contributed by atoms with van der Waals surface area (Å²) in [6.07, 6.45) is 3.39. The Kier molecular flexibility index (Phi) is 2.42. The van der Waals surface area contributed by atoms with E-state index in [0.717, 1.165) is 5.56 Å². The van der Waals surface area contributed by atoms with Gasteiger partial charge in [0.05, 0.1) is 5.69 Å². The quantitative estimate of drug-likeness (QED) is 0.481. The van der Waals surface area contributed by atoms with Crippen molar-refractivity contribution in [3.63, 3.8) is 0 Å². The fourth-order valence-corrected chi connectivity index (χ4v) is 1.20. The highest BCUT2D eigenvalue weighted by Gasteiger charge is 2.03. The number of hydrazine groups is 1. The maximum absolute atomic E-state index is 5.53. The maximum Gasteiger partial charge on any atom is 0.222 e. The molecule has 6 nitrogen and oxygen atoms in total. The van der Waals surface area contributed by atoms with E-state index in [2.05, 4.69) is 20.4 Å². The van der Waals surface area contributed by atoms with Crippen LogP contribution in [0.15, 0.2) is 30.6 Å². The fourth-order valence-electron chi connectivity index (χ4n) is 1.20. The van der Waals surface area contributed by atoms with Gasteiger partial charge in [-0.1, -0.05) is 0 Å². The zero-order chi connectivity index (χ0) is 10.7. The van der Waals surface area contributed by atoms with Crippen LogP contribution in [0.2, 0.25) is 0 Å². The number of nitrogens with two attached hydrogens (primary N) is 2. The lowest BCUT2D eigenvalue weighted by atomic mass is 10.2. The van der Waals surface area contributed by atoms with Crippen LogP contribution >= 0.6 is 0 Å². The molecule has 0 saturated carbocycles. The van der Waals surface area contributed by atoms with Crippen LogP contribution < -0.4 is 17.0 Å². The van der Waals surface area contributed by atoms with E-state index < -0.39 is 0 Å². The van der Waals surface area contributed by atoms with Crippen LogP contribution in [0.3, 0.4) is 0 Å². The van der Waals surface area contributed by atoms with Crippen LogP contribution in [-0.4, -0.2) is 15.0 Å². The minimum absolute atomic E-state index is 0.171. The van der Waals surface area contributed by atoms with Crippen molar-refractivity contribution in [3.8, 4) is 11.3 Å². The van der Waals surface area contributed by atoms with Gasteiger partial charge in [-0.05, 0) is 12.1 Å². The average molecular weight is 202 g/mol. The number of hydrogen-bond acceptors (Lipinski definition) is 6. The molecule has 0 fully saturated rings. The Morgan fingerprint density at radius 1 is 1.27 bits per heavy atom. The predicted molar refractivity (Wildman–Crippen MR) is 57.5 cm³/mol. The molecule has 2 aromatic rings. The molecule has 0 atom stereocenters. The summed E-state index contributed by atoms with van der Waals surface area (Å²) in [5.41, 5.74) is 9.51. The average Bonchev–Trinajstić information content (AvgIpc) is 2.29. The highest BCUT2D eigenvalue weighted by molar-refractivity contribution is 5.62. The molecule has 0 saturated heterocycles. The fraction of sp³-hybridized carbons (Fsp3) is 0. The van der Waals surface area contributed by atoms with Gasteiger partial charge >= 0.3 is 0 Å². The number of nitrogens with zero attached hydrogens (tertiary/aromatic N) is 3. The second-order valence-electron chi connectivity index (χ2n) is 2.88. The molecular weight excluding hydrogens is 192 g/mol. The van der Waals surface area contributed by atoms with E-state index in [9.17, 15) is 0 Å². The summed E-state index contributed by atoms with van der Waals surface area (Å²) in [4.78, 5) is 12.0. The molecule has 5 N–H and O–H groups in total. The van der Waals surface area contributed by atoms with E-state index in [1.165, 1.54) is 0 Å². The molecule has 0 aliphatic rings. The Labute approximate surface area is 86.3 Å². The maximum atomic E-state index is 5.53. The zero-order valence-electron chi connectivity index (χ0n) is 7.88. The number of nitrogens with one attached hydrogen (secondary N) is 1. The Balaban J connectivity index is 2.49. The number of rotatable bonds is 2. The summed E-state index contributed by atoms with van der Waals surface area (Å²) in [7, 11) is 0. The number of pyridine rings is 1. The molecule has 0 bridgehead atoms. The minimum atomic E-state index is 0.171. The van der Waals surface area contributed by atoms with Crippen LogP contribution in [0.1, 0.15) is 0 Å². The van der Waals surface area contributed by atoms with Crippen molar-refractivity contribution in [2.75, 3.05) is 11.2 Å². The minimum Gasteiger partial charge on any atom is -0.368 e. The molecule has 0 unspecified atom stereocenters. The first-order chi connectivity index (χ1) is 7.29. The van der Waals surface area contributed by atoms with E-state index in [4.69, 9.17) is 11.6 Å². The SMILES string of the molecule is NNc1cc(-c2cccnc2)nc(N)n1. The number of hydrogen-bond donors (Lipinski definition) is 3. The second kappa shape index (κ2) is 3.89. The summed E-state index contributed by atoms with van der Waals surface area (Å²) in [6, 6.07) is 5.41.